The molecular weight excluding hydrogens is 229 g/mol. The monoisotopic (exact) mass is 238 g/mol. The molecule has 15 heavy (non-hydrogen) atoms. The molecule has 0 aliphatic carbocycles. The Kier molecular flexibility index (Phi) is 4.21. The Morgan fingerprint density at radius 2 is 1.87 bits per heavy atom. The molecular formula is C9H9F3O2S. The van der Waals surface area contributed by atoms with Crippen molar-refractivity contribution in [2.24, 2.45) is 0 Å². The van der Waals surface area contributed by atoms with Gasteiger partial charge in [0, 0.05) is 0 Å². The average molecular weight is 238 g/mol. The molecule has 0 saturated carbocycles. The number of carboxylic acids is 1. The molecule has 0 amide bonds. The molecule has 0 atom stereocenters. The third-order valence-corrected chi connectivity index (χ3v) is 1.78. The van der Waals surface area contributed by atoms with Crippen LogP contribution in [0.25, 0.3) is 0 Å². The van der Waals surface area contributed by atoms with Gasteiger partial charge in [-0.1, -0.05) is 0 Å². The van der Waals surface area contributed by atoms with Gasteiger partial charge in [-0.3, -0.25) is 0 Å². The first-order chi connectivity index (χ1) is 6.32. The second kappa shape index (κ2) is 4.57. The third-order valence-electron chi connectivity index (χ3n) is 1.78. The van der Waals surface area contributed by atoms with Crippen molar-refractivity contribution in [2.45, 2.75) is 13.1 Å². The van der Waals surface area contributed by atoms with Crippen LogP contribution in [0.15, 0.2) is 18.2 Å². The lowest BCUT2D eigenvalue weighted by atomic mass is 10.1. The Morgan fingerprint density at radius 1 is 1.33 bits per heavy atom. The van der Waals surface area contributed by atoms with Crippen LogP contribution >= 0.6 is 13.5 Å². The zero-order valence-electron chi connectivity index (χ0n) is 7.72. The fraction of sp³-hybridized carbons (Fsp3) is 0.222. The number of carboxylic acid groups (broad SMARTS) is 1. The highest BCUT2D eigenvalue weighted by Gasteiger charge is 2.30. The summed E-state index contributed by atoms with van der Waals surface area (Å²) in [6, 6.07) is 2.54. The number of alkyl halides is 3. The normalized spacial score (nSPS) is 10.7. The molecule has 0 aromatic heterocycles. The fourth-order valence-corrected chi connectivity index (χ4v) is 1.08. The average Bonchev–Trinajstić information content (AvgIpc) is 2.01. The highest BCUT2D eigenvalue weighted by Crippen LogP contribution is 2.30. The van der Waals surface area contributed by atoms with Gasteiger partial charge in [0.1, 0.15) is 0 Å². The summed E-state index contributed by atoms with van der Waals surface area (Å²) in [5.41, 5.74) is -0.842. The molecule has 0 saturated heterocycles. The SMILES string of the molecule is Cc1cc(C(F)(F)F)ccc1C(=O)O.S. The van der Waals surface area contributed by atoms with Crippen molar-refractivity contribution in [3.8, 4) is 0 Å². The summed E-state index contributed by atoms with van der Waals surface area (Å²) >= 11 is 0. The Labute approximate surface area is 91.2 Å². The van der Waals surface area contributed by atoms with E-state index < -0.39 is 17.7 Å². The third kappa shape index (κ3) is 3.16. The molecule has 1 aromatic rings. The zero-order chi connectivity index (χ0) is 10.9. The second-order valence-corrected chi connectivity index (χ2v) is 2.83. The molecule has 1 aromatic carbocycles. The van der Waals surface area contributed by atoms with Gasteiger partial charge in [-0.05, 0) is 30.7 Å². The Hall–Kier alpha value is -1.17. The molecule has 84 valence electrons. The van der Waals surface area contributed by atoms with Crippen LogP contribution in [0.1, 0.15) is 21.5 Å². The first-order valence-electron chi connectivity index (χ1n) is 3.73. The summed E-state index contributed by atoms with van der Waals surface area (Å²) < 4.78 is 36.5. The van der Waals surface area contributed by atoms with E-state index in [0.717, 1.165) is 18.2 Å². The summed E-state index contributed by atoms with van der Waals surface area (Å²) in [7, 11) is 0. The maximum absolute atomic E-state index is 12.2. The second-order valence-electron chi connectivity index (χ2n) is 2.83. The summed E-state index contributed by atoms with van der Waals surface area (Å²) in [4.78, 5) is 10.5. The van der Waals surface area contributed by atoms with Gasteiger partial charge >= 0.3 is 12.1 Å². The Balaban J connectivity index is 0.00000196. The van der Waals surface area contributed by atoms with Gasteiger partial charge in [-0.25, -0.2) is 4.79 Å². The lowest BCUT2D eigenvalue weighted by Crippen LogP contribution is -2.07. The summed E-state index contributed by atoms with van der Waals surface area (Å²) in [5, 5.41) is 8.58. The molecule has 6 heteroatoms. The molecule has 0 aliphatic rings. The molecule has 0 aliphatic heterocycles. The minimum absolute atomic E-state index is 0. The molecule has 0 heterocycles. The maximum atomic E-state index is 12.2. The predicted molar refractivity (Wildman–Crippen MR) is 53.5 cm³/mol. The van der Waals surface area contributed by atoms with E-state index in [9.17, 15) is 18.0 Å². The van der Waals surface area contributed by atoms with Crippen LogP contribution < -0.4 is 0 Å². The highest BCUT2D eigenvalue weighted by atomic mass is 32.1. The van der Waals surface area contributed by atoms with Crippen LogP contribution in [0.3, 0.4) is 0 Å². The lowest BCUT2D eigenvalue weighted by molar-refractivity contribution is -0.137. The lowest BCUT2D eigenvalue weighted by Gasteiger charge is -2.08. The van der Waals surface area contributed by atoms with E-state index in [-0.39, 0.29) is 24.6 Å². The number of carbonyl (C=O) groups is 1. The molecule has 0 unspecified atom stereocenters. The van der Waals surface area contributed by atoms with Gasteiger partial charge in [0.2, 0.25) is 0 Å². The first-order valence-corrected chi connectivity index (χ1v) is 3.73. The predicted octanol–water partition coefficient (Wildman–Crippen LogP) is 2.82. The van der Waals surface area contributed by atoms with Crippen molar-refractivity contribution in [3.05, 3.63) is 34.9 Å². The number of benzene rings is 1. The standard InChI is InChI=1S/C9H7F3O2.H2S/c1-5-4-6(9(10,11)12)2-3-7(5)8(13)14;/h2-4H,1H3,(H,13,14);1H2. The van der Waals surface area contributed by atoms with Gasteiger partial charge in [0.25, 0.3) is 0 Å². The van der Waals surface area contributed by atoms with Crippen molar-refractivity contribution in [2.75, 3.05) is 0 Å². The van der Waals surface area contributed by atoms with Crippen molar-refractivity contribution < 1.29 is 23.1 Å². The van der Waals surface area contributed by atoms with Gasteiger partial charge in [0.15, 0.2) is 0 Å². The number of hydrogen-bond donors (Lipinski definition) is 1. The Bertz CT molecular complexity index is 374. The van der Waals surface area contributed by atoms with Gasteiger partial charge in [-0.15, -0.1) is 0 Å². The van der Waals surface area contributed by atoms with E-state index >= 15 is 0 Å². The summed E-state index contributed by atoms with van der Waals surface area (Å²) in [6.45, 7) is 1.33. The smallest absolute Gasteiger partial charge is 0.416 e. The number of aromatic carboxylic acids is 1. The Morgan fingerprint density at radius 3 is 2.20 bits per heavy atom. The quantitative estimate of drug-likeness (QED) is 0.816. The van der Waals surface area contributed by atoms with Crippen LogP contribution in [-0.4, -0.2) is 11.1 Å². The van der Waals surface area contributed by atoms with Crippen LogP contribution in [0.5, 0.6) is 0 Å². The minimum atomic E-state index is -4.43. The number of rotatable bonds is 1. The van der Waals surface area contributed by atoms with Crippen molar-refractivity contribution in [3.63, 3.8) is 0 Å². The summed E-state index contributed by atoms with van der Waals surface area (Å²) in [5.74, 6) is -1.23. The minimum Gasteiger partial charge on any atom is -0.478 e. The van der Waals surface area contributed by atoms with Gasteiger partial charge in [0.05, 0.1) is 11.1 Å². The largest absolute Gasteiger partial charge is 0.478 e. The molecule has 2 nitrogen and oxygen atoms in total. The van der Waals surface area contributed by atoms with E-state index in [1.165, 1.54) is 6.92 Å². The molecule has 1 rings (SSSR count). The summed E-state index contributed by atoms with van der Waals surface area (Å²) in [6.07, 6.45) is -4.43. The van der Waals surface area contributed by atoms with E-state index in [0.29, 0.717) is 0 Å². The molecule has 1 N–H and O–H groups in total. The van der Waals surface area contributed by atoms with Crippen LogP contribution in [-0.2, 0) is 6.18 Å². The van der Waals surface area contributed by atoms with E-state index in [4.69, 9.17) is 5.11 Å². The zero-order valence-corrected chi connectivity index (χ0v) is 8.72. The molecule has 0 radical (unpaired) electrons. The van der Waals surface area contributed by atoms with Crippen molar-refractivity contribution in [1.82, 2.24) is 0 Å². The van der Waals surface area contributed by atoms with Crippen molar-refractivity contribution in [1.29, 1.82) is 0 Å². The molecule has 0 fully saturated rings. The highest BCUT2D eigenvalue weighted by molar-refractivity contribution is 7.59. The van der Waals surface area contributed by atoms with Crippen LogP contribution in [0.2, 0.25) is 0 Å². The van der Waals surface area contributed by atoms with E-state index in [1.807, 2.05) is 0 Å². The molecule has 0 bridgehead atoms. The van der Waals surface area contributed by atoms with Gasteiger partial charge in [-0.2, -0.15) is 26.7 Å². The number of hydrogen-bond acceptors (Lipinski definition) is 1. The van der Waals surface area contributed by atoms with Crippen molar-refractivity contribution >= 4 is 19.5 Å². The topological polar surface area (TPSA) is 37.3 Å². The maximum Gasteiger partial charge on any atom is 0.416 e. The van der Waals surface area contributed by atoms with Crippen LogP contribution in [0.4, 0.5) is 13.2 Å². The van der Waals surface area contributed by atoms with E-state index in [1.54, 1.807) is 0 Å². The number of aryl methyl sites for hydroxylation is 1. The van der Waals surface area contributed by atoms with E-state index in [2.05, 4.69) is 0 Å². The van der Waals surface area contributed by atoms with Gasteiger partial charge < -0.3 is 5.11 Å². The fourth-order valence-electron chi connectivity index (χ4n) is 1.08. The first kappa shape index (κ1) is 13.8. The van der Waals surface area contributed by atoms with Crippen LogP contribution in [0, 0.1) is 6.92 Å². The number of halogens is 3. The molecule has 0 spiro atoms.